The van der Waals surface area contributed by atoms with Gasteiger partial charge in [0, 0.05) is 6.54 Å². The van der Waals surface area contributed by atoms with Crippen molar-refractivity contribution in [2.75, 3.05) is 27.9 Å². The van der Waals surface area contributed by atoms with E-state index < -0.39 is 0 Å². The molecule has 28 heavy (non-hydrogen) atoms. The Morgan fingerprint density at radius 3 is 2.21 bits per heavy atom. The van der Waals surface area contributed by atoms with E-state index in [2.05, 4.69) is 12.1 Å². The molecule has 0 bridgehead atoms. The SMILES string of the molecule is COc1cc(C[C@@H]2SC(=S)N(CCc3ccccc3)C2=O)cc(OC)c1OC. The van der Waals surface area contributed by atoms with Crippen LogP contribution >= 0.6 is 24.0 Å². The molecule has 0 radical (unpaired) electrons. The Labute approximate surface area is 175 Å². The van der Waals surface area contributed by atoms with Crippen molar-refractivity contribution in [2.45, 2.75) is 18.1 Å². The van der Waals surface area contributed by atoms with Gasteiger partial charge in [-0.25, -0.2) is 0 Å². The van der Waals surface area contributed by atoms with Gasteiger partial charge in [-0.1, -0.05) is 54.3 Å². The largest absolute Gasteiger partial charge is 0.493 e. The summed E-state index contributed by atoms with van der Waals surface area (Å²) in [7, 11) is 4.73. The maximum atomic E-state index is 12.9. The molecule has 1 atom stereocenters. The Kier molecular flexibility index (Phi) is 6.80. The number of thioether (sulfide) groups is 1. The molecule has 0 spiro atoms. The molecule has 3 rings (SSSR count). The van der Waals surface area contributed by atoms with Crippen LogP contribution in [-0.4, -0.2) is 48.3 Å². The summed E-state index contributed by atoms with van der Waals surface area (Å²) < 4.78 is 16.8. The molecule has 1 heterocycles. The number of carbonyl (C=O) groups excluding carboxylic acids is 1. The third-order valence-corrected chi connectivity index (χ3v) is 6.20. The average Bonchev–Trinajstić information content (AvgIpc) is 2.98. The lowest BCUT2D eigenvalue weighted by atomic mass is 10.1. The van der Waals surface area contributed by atoms with Crippen LogP contribution in [0.1, 0.15) is 11.1 Å². The minimum absolute atomic E-state index is 0.0553. The minimum atomic E-state index is -0.244. The zero-order chi connectivity index (χ0) is 20.1. The fourth-order valence-electron chi connectivity index (χ4n) is 3.18. The molecule has 2 aromatic rings. The highest BCUT2D eigenvalue weighted by molar-refractivity contribution is 8.24. The number of carbonyl (C=O) groups is 1. The highest BCUT2D eigenvalue weighted by atomic mass is 32.2. The Morgan fingerprint density at radius 1 is 1.00 bits per heavy atom. The number of amides is 1. The number of rotatable bonds is 8. The summed E-state index contributed by atoms with van der Waals surface area (Å²) in [5, 5.41) is -0.244. The van der Waals surface area contributed by atoms with Gasteiger partial charge in [0.2, 0.25) is 11.7 Å². The average molecular weight is 418 g/mol. The molecule has 0 aliphatic carbocycles. The maximum Gasteiger partial charge on any atom is 0.241 e. The monoisotopic (exact) mass is 417 g/mol. The summed E-state index contributed by atoms with van der Waals surface area (Å²) >= 11 is 6.91. The summed E-state index contributed by atoms with van der Waals surface area (Å²) in [6, 6.07) is 13.9. The minimum Gasteiger partial charge on any atom is -0.493 e. The Morgan fingerprint density at radius 2 is 1.64 bits per heavy atom. The Bertz CT molecular complexity index is 832. The molecular formula is C21H23NO4S2. The first-order valence-electron chi connectivity index (χ1n) is 8.92. The molecule has 7 heteroatoms. The fraction of sp³-hybridized carbons (Fsp3) is 0.333. The van der Waals surface area contributed by atoms with Crippen molar-refractivity contribution in [2.24, 2.45) is 0 Å². The molecular weight excluding hydrogens is 394 g/mol. The lowest BCUT2D eigenvalue weighted by Gasteiger charge is -2.16. The summed E-state index contributed by atoms with van der Waals surface area (Å²) in [5.74, 6) is 1.76. The highest BCUT2D eigenvalue weighted by Gasteiger charge is 2.36. The first-order chi connectivity index (χ1) is 13.6. The first-order valence-corrected chi connectivity index (χ1v) is 10.2. The summed E-state index contributed by atoms with van der Waals surface area (Å²) in [5.41, 5.74) is 2.13. The molecule has 1 aliphatic heterocycles. The van der Waals surface area contributed by atoms with Crippen LogP contribution in [0.5, 0.6) is 17.2 Å². The molecule has 0 saturated carbocycles. The third kappa shape index (κ3) is 4.42. The van der Waals surface area contributed by atoms with Gasteiger partial charge in [0.05, 0.1) is 26.6 Å². The van der Waals surface area contributed by atoms with Crippen LogP contribution in [0.4, 0.5) is 0 Å². The molecule has 1 fully saturated rings. The van der Waals surface area contributed by atoms with Gasteiger partial charge < -0.3 is 14.2 Å². The van der Waals surface area contributed by atoms with Crippen molar-refractivity contribution in [3.05, 3.63) is 53.6 Å². The molecule has 1 saturated heterocycles. The zero-order valence-corrected chi connectivity index (χ0v) is 17.8. The van der Waals surface area contributed by atoms with E-state index in [1.807, 2.05) is 30.3 Å². The van der Waals surface area contributed by atoms with Crippen LogP contribution in [0.25, 0.3) is 0 Å². The van der Waals surface area contributed by atoms with Crippen molar-refractivity contribution in [1.29, 1.82) is 0 Å². The number of thiocarbonyl (C=S) groups is 1. The topological polar surface area (TPSA) is 48.0 Å². The normalized spacial score (nSPS) is 16.4. The second kappa shape index (κ2) is 9.30. The van der Waals surface area contributed by atoms with E-state index in [4.69, 9.17) is 26.4 Å². The van der Waals surface area contributed by atoms with Crippen LogP contribution in [0.2, 0.25) is 0 Å². The number of nitrogens with zero attached hydrogens (tertiary/aromatic N) is 1. The van der Waals surface area contributed by atoms with Gasteiger partial charge in [0.15, 0.2) is 11.5 Å². The fourth-order valence-corrected chi connectivity index (χ4v) is 4.77. The van der Waals surface area contributed by atoms with E-state index in [1.54, 1.807) is 26.2 Å². The van der Waals surface area contributed by atoms with Gasteiger partial charge in [-0.3, -0.25) is 9.69 Å². The zero-order valence-electron chi connectivity index (χ0n) is 16.1. The highest BCUT2D eigenvalue weighted by Crippen LogP contribution is 2.39. The molecule has 1 amide bonds. The van der Waals surface area contributed by atoms with Gasteiger partial charge in [-0.2, -0.15) is 0 Å². The smallest absolute Gasteiger partial charge is 0.241 e. The van der Waals surface area contributed by atoms with Crippen LogP contribution in [0.3, 0.4) is 0 Å². The van der Waals surface area contributed by atoms with Gasteiger partial charge in [-0.15, -0.1) is 0 Å². The van der Waals surface area contributed by atoms with Crippen LogP contribution in [0, 0.1) is 0 Å². The predicted molar refractivity (Wildman–Crippen MR) is 116 cm³/mol. The van der Waals surface area contributed by atoms with Crippen molar-refractivity contribution in [3.8, 4) is 17.2 Å². The standard InChI is InChI=1S/C21H23NO4S2/c1-24-16-11-15(12-17(25-2)19(16)26-3)13-18-20(23)22(21(27)28-18)10-9-14-7-5-4-6-8-14/h4-8,11-12,18H,9-10,13H2,1-3H3/t18-/m0/s1. The number of hydrogen-bond donors (Lipinski definition) is 0. The molecule has 0 aromatic heterocycles. The first kappa shape index (κ1) is 20.5. The number of methoxy groups -OCH3 is 3. The van der Waals surface area contributed by atoms with Gasteiger partial charge in [-0.05, 0) is 36.1 Å². The number of benzene rings is 2. The lowest BCUT2D eigenvalue weighted by Crippen LogP contribution is -2.33. The van der Waals surface area contributed by atoms with Crippen molar-refractivity contribution in [1.82, 2.24) is 4.90 Å². The molecule has 148 valence electrons. The van der Waals surface area contributed by atoms with Gasteiger partial charge >= 0.3 is 0 Å². The molecule has 2 aromatic carbocycles. The quantitative estimate of drug-likeness (QED) is 0.610. The molecule has 0 unspecified atom stereocenters. The Hall–Kier alpha value is -2.25. The second-order valence-corrected chi connectivity index (χ2v) is 8.17. The van der Waals surface area contributed by atoms with E-state index in [-0.39, 0.29) is 11.2 Å². The van der Waals surface area contributed by atoms with E-state index in [1.165, 1.54) is 17.3 Å². The van der Waals surface area contributed by atoms with E-state index >= 15 is 0 Å². The van der Waals surface area contributed by atoms with Crippen LogP contribution < -0.4 is 14.2 Å². The van der Waals surface area contributed by atoms with Gasteiger partial charge in [0.1, 0.15) is 4.32 Å². The van der Waals surface area contributed by atoms with E-state index in [9.17, 15) is 4.79 Å². The summed E-state index contributed by atoms with van der Waals surface area (Å²) in [6.07, 6.45) is 1.33. The summed E-state index contributed by atoms with van der Waals surface area (Å²) in [6.45, 7) is 0.598. The van der Waals surface area contributed by atoms with Crippen LogP contribution in [-0.2, 0) is 17.6 Å². The van der Waals surface area contributed by atoms with Crippen LogP contribution in [0.15, 0.2) is 42.5 Å². The second-order valence-electron chi connectivity index (χ2n) is 6.34. The van der Waals surface area contributed by atoms with Crippen molar-refractivity contribution in [3.63, 3.8) is 0 Å². The van der Waals surface area contributed by atoms with Crippen molar-refractivity contribution < 1.29 is 19.0 Å². The predicted octanol–water partition coefficient (Wildman–Crippen LogP) is 3.73. The van der Waals surface area contributed by atoms with E-state index in [0.29, 0.717) is 34.5 Å². The molecule has 0 N–H and O–H groups in total. The molecule has 1 aliphatic rings. The lowest BCUT2D eigenvalue weighted by molar-refractivity contribution is -0.126. The summed E-state index contributed by atoms with van der Waals surface area (Å²) in [4.78, 5) is 14.6. The van der Waals surface area contributed by atoms with Gasteiger partial charge in [0.25, 0.3) is 0 Å². The van der Waals surface area contributed by atoms with Crippen molar-refractivity contribution >= 4 is 34.2 Å². The number of ether oxygens (including phenoxy) is 3. The maximum absolute atomic E-state index is 12.9. The van der Waals surface area contributed by atoms with E-state index in [0.717, 1.165) is 12.0 Å². The third-order valence-electron chi connectivity index (χ3n) is 4.62. The molecule has 5 nitrogen and oxygen atoms in total. The Balaban J connectivity index is 1.71. The number of hydrogen-bond acceptors (Lipinski definition) is 6.